The van der Waals surface area contributed by atoms with Crippen LogP contribution in [0.15, 0.2) is 66.7 Å². The zero-order chi connectivity index (χ0) is 20.8. The molecule has 2 amide bonds. The highest BCUT2D eigenvalue weighted by Crippen LogP contribution is 2.20. The summed E-state index contributed by atoms with van der Waals surface area (Å²) in [4.78, 5) is 36.1. The van der Waals surface area contributed by atoms with E-state index < -0.39 is 17.9 Å². The standard InChI is InChI=1S/C23H22N2O4/c1-15(26)24-19-12-10-17(11-13-19)22(27)25-21(23(28)29-2)14-18-8-5-7-16-6-3-4-9-20(16)18/h3-13,21H,14H2,1-2H3,(H,24,26)(H,25,27)/t21-/m0/s1. The molecule has 3 aromatic carbocycles. The molecule has 29 heavy (non-hydrogen) atoms. The molecule has 0 spiro atoms. The van der Waals surface area contributed by atoms with Crippen LogP contribution < -0.4 is 10.6 Å². The molecule has 0 aliphatic carbocycles. The minimum absolute atomic E-state index is 0.192. The number of anilines is 1. The Balaban J connectivity index is 1.79. The first-order valence-corrected chi connectivity index (χ1v) is 9.21. The van der Waals surface area contributed by atoms with E-state index in [0.717, 1.165) is 16.3 Å². The molecular weight excluding hydrogens is 368 g/mol. The van der Waals surface area contributed by atoms with Crippen molar-refractivity contribution in [3.8, 4) is 0 Å². The Labute approximate surface area is 168 Å². The van der Waals surface area contributed by atoms with Crippen LogP contribution in [0.4, 0.5) is 5.69 Å². The van der Waals surface area contributed by atoms with Crippen molar-refractivity contribution in [2.75, 3.05) is 12.4 Å². The molecule has 0 unspecified atom stereocenters. The monoisotopic (exact) mass is 390 g/mol. The molecule has 6 nitrogen and oxygen atoms in total. The molecule has 0 heterocycles. The molecule has 1 atom stereocenters. The second kappa shape index (κ2) is 9.01. The van der Waals surface area contributed by atoms with E-state index in [1.54, 1.807) is 24.3 Å². The Morgan fingerprint density at radius 3 is 2.31 bits per heavy atom. The van der Waals surface area contributed by atoms with Crippen LogP contribution in [0, 0.1) is 0 Å². The highest BCUT2D eigenvalue weighted by Gasteiger charge is 2.23. The topological polar surface area (TPSA) is 84.5 Å². The van der Waals surface area contributed by atoms with Gasteiger partial charge in [0.15, 0.2) is 0 Å². The van der Waals surface area contributed by atoms with Gasteiger partial charge in [0.1, 0.15) is 6.04 Å². The average Bonchev–Trinajstić information content (AvgIpc) is 2.73. The molecule has 6 heteroatoms. The number of rotatable bonds is 6. The van der Waals surface area contributed by atoms with Crippen LogP contribution in [-0.2, 0) is 20.7 Å². The largest absolute Gasteiger partial charge is 0.467 e. The fourth-order valence-corrected chi connectivity index (χ4v) is 3.18. The lowest BCUT2D eigenvalue weighted by Crippen LogP contribution is -2.43. The third kappa shape index (κ3) is 4.99. The summed E-state index contributed by atoms with van der Waals surface area (Å²) in [7, 11) is 1.30. The van der Waals surface area contributed by atoms with Gasteiger partial charge in [-0.05, 0) is 40.6 Å². The number of amides is 2. The number of hydrogen-bond acceptors (Lipinski definition) is 4. The van der Waals surface area contributed by atoms with Gasteiger partial charge >= 0.3 is 5.97 Å². The fraction of sp³-hybridized carbons (Fsp3) is 0.174. The van der Waals surface area contributed by atoms with Crippen molar-refractivity contribution in [3.05, 3.63) is 77.9 Å². The summed E-state index contributed by atoms with van der Waals surface area (Å²) in [5, 5.41) is 7.49. The van der Waals surface area contributed by atoms with Gasteiger partial charge in [-0.15, -0.1) is 0 Å². The van der Waals surface area contributed by atoms with Gasteiger partial charge in [0, 0.05) is 24.6 Å². The van der Waals surface area contributed by atoms with Crippen molar-refractivity contribution in [1.82, 2.24) is 5.32 Å². The summed E-state index contributed by atoms with van der Waals surface area (Å²) in [6.07, 6.45) is 0.309. The summed E-state index contributed by atoms with van der Waals surface area (Å²) in [6, 6.07) is 19.4. The Hall–Kier alpha value is -3.67. The molecule has 2 N–H and O–H groups in total. The average molecular weight is 390 g/mol. The zero-order valence-corrected chi connectivity index (χ0v) is 16.3. The first-order valence-electron chi connectivity index (χ1n) is 9.21. The molecule has 0 aliphatic heterocycles. The van der Waals surface area contributed by atoms with Crippen LogP contribution in [0.3, 0.4) is 0 Å². The van der Waals surface area contributed by atoms with Crippen LogP contribution in [0.2, 0.25) is 0 Å². The van der Waals surface area contributed by atoms with Crippen molar-refractivity contribution in [2.45, 2.75) is 19.4 Å². The molecular formula is C23H22N2O4. The normalized spacial score (nSPS) is 11.5. The summed E-state index contributed by atoms with van der Waals surface area (Å²) < 4.78 is 4.90. The SMILES string of the molecule is COC(=O)[C@H](Cc1cccc2ccccc12)NC(=O)c1ccc(NC(C)=O)cc1. The lowest BCUT2D eigenvalue weighted by atomic mass is 9.98. The fourth-order valence-electron chi connectivity index (χ4n) is 3.18. The maximum absolute atomic E-state index is 12.7. The van der Waals surface area contributed by atoms with E-state index in [1.807, 2.05) is 42.5 Å². The Bertz CT molecular complexity index is 1040. The number of fused-ring (bicyclic) bond motifs is 1. The van der Waals surface area contributed by atoms with Crippen molar-refractivity contribution in [3.63, 3.8) is 0 Å². The number of carbonyl (C=O) groups is 3. The third-order valence-electron chi connectivity index (χ3n) is 4.56. The van der Waals surface area contributed by atoms with Gasteiger partial charge in [0.2, 0.25) is 5.91 Å². The predicted molar refractivity (Wildman–Crippen MR) is 112 cm³/mol. The van der Waals surface area contributed by atoms with Gasteiger partial charge < -0.3 is 15.4 Å². The first-order chi connectivity index (χ1) is 14.0. The van der Waals surface area contributed by atoms with Gasteiger partial charge in [-0.1, -0.05) is 42.5 Å². The molecule has 0 saturated heterocycles. The number of carbonyl (C=O) groups excluding carboxylic acids is 3. The molecule has 0 aliphatic rings. The third-order valence-corrected chi connectivity index (χ3v) is 4.56. The van der Waals surface area contributed by atoms with Gasteiger partial charge in [0.25, 0.3) is 5.91 Å². The molecule has 0 bridgehead atoms. The van der Waals surface area contributed by atoms with E-state index in [0.29, 0.717) is 17.7 Å². The van der Waals surface area contributed by atoms with Crippen molar-refractivity contribution in [2.24, 2.45) is 0 Å². The number of ether oxygens (including phenoxy) is 1. The van der Waals surface area contributed by atoms with Gasteiger partial charge in [-0.3, -0.25) is 9.59 Å². The highest BCUT2D eigenvalue weighted by molar-refractivity contribution is 5.98. The summed E-state index contributed by atoms with van der Waals surface area (Å²) >= 11 is 0. The smallest absolute Gasteiger partial charge is 0.328 e. The Morgan fingerprint density at radius 1 is 0.931 bits per heavy atom. The van der Waals surface area contributed by atoms with Crippen LogP contribution >= 0.6 is 0 Å². The van der Waals surface area contributed by atoms with E-state index in [9.17, 15) is 14.4 Å². The summed E-state index contributed by atoms with van der Waals surface area (Å²) in [6.45, 7) is 1.41. The van der Waals surface area contributed by atoms with Gasteiger partial charge in [-0.25, -0.2) is 4.79 Å². The van der Waals surface area contributed by atoms with E-state index in [4.69, 9.17) is 4.74 Å². The van der Waals surface area contributed by atoms with E-state index in [-0.39, 0.29) is 5.91 Å². The molecule has 148 valence electrons. The van der Waals surface area contributed by atoms with Crippen LogP contribution in [0.1, 0.15) is 22.8 Å². The molecule has 3 aromatic rings. The minimum Gasteiger partial charge on any atom is -0.467 e. The molecule has 0 aromatic heterocycles. The summed E-state index contributed by atoms with van der Waals surface area (Å²) in [5.74, 6) is -1.10. The Morgan fingerprint density at radius 2 is 1.62 bits per heavy atom. The number of nitrogens with one attached hydrogen (secondary N) is 2. The van der Waals surface area contributed by atoms with Gasteiger partial charge in [-0.2, -0.15) is 0 Å². The highest BCUT2D eigenvalue weighted by atomic mass is 16.5. The summed E-state index contributed by atoms with van der Waals surface area (Å²) in [5.41, 5.74) is 1.92. The maximum Gasteiger partial charge on any atom is 0.328 e. The van der Waals surface area contributed by atoms with Crippen molar-refractivity contribution >= 4 is 34.2 Å². The van der Waals surface area contributed by atoms with Crippen molar-refractivity contribution in [1.29, 1.82) is 0 Å². The molecule has 0 fully saturated rings. The van der Waals surface area contributed by atoms with E-state index in [1.165, 1.54) is 14.0 Å². The Kier molecular flexibility index (Phi) is 6.24. The maximum atomic E-state index is 12.7. The molecule has 3 rings (SSSR count). The molecule has 0 saturated carbocycles. The van der Waals surface area contributed by atoms with E-state index in [2.05, 4.69) is 10.6 Å². The number of esters is 1. The number of benzene rings is 3. The quantitative estimate of drug-likeness (QED) is 0.633. The van der Waals surface area contributed by atoms with Gasteiger partial charge in [0.05, 0.1) is 7.11 Å². The van der Waals surface area contributed by atoms with E-state index >= 15 is 0 Å². The first kappa shape index (κ1) is 20.1. The van der Waals surface area contributed by atoms with Crippen LogP contribution in [-0.4, -0.2) is 30.9 Å². The molecule has 0 radical (unpaired) electrons. The number of hydrogen-bond donors (Lipinski definition) is 2. The second-order valence-corrected chi connectivity index (χ2v) is 6.65. The lowest BCUT2D eigenvalue weighted by molar-refractivity contribution is -0.142. The zero-order valence-electron chi connectivity index (χ0n) is 16.3. The van der Waals surface area contributed by atoms with Crippen molar-refractivity contribution < 1.29 is 19.1 Å². The lowest BCUT2D eigenvalue weighted by Gasteiger charge is -2.18. The van der Waals surface area contributed by atoms with Crippen LogP contribution in [0.25, 0.3) is 10.8 Å². The number of methoxy groups -OCH3 is 1. The predicted octanol–water partition coefficient (Wildman–Crippen LogP) is 3.31. The minimum atomic E-state index is -0.826. The second-order valence-electron chi connectivity index (χ2n) is 6.65. The van der Waals surface area contributed by atoms with Crippen LogP contribution in [0.5, 0.6) is 0 Å².